The number of benzene rings is 2. The van der Waals surface area contributed by atoms with Crippen LogP contribution in [0.25, 0.3) is 0 Å². The van der Waals surface area contributed by atoms with E-state index >= 15 is 0 Å². The maximum atomic E-state index is 14.3. The van der Waals surface area contributed by atoms with E-state index in [0.29, 0.717) is 0 Å². The summed E-state index contributed by atoms with van der Waals surface area (Å²) in [6, 6.07) is 12.5. The van der Waals surface area contributed by atoms with E-state index in [0.717, 1.165) is 8.95 Å². The Labute approximate surface area is 116 Å². The van der Waals surface area contributed by atoms with Gasteiger partial charge < -0.3 is 0 Å². The third kappa shape index (κ3) is 2.84. The lowest BCUT2D eigenvalue weighted by Crippen LogP contribution is -2.50. The van der Waals surface area contributed by atoms with Gasteiger partial charge in [0.25, 0.3) is 0 Å². The molecule has 0 heterocycles. The van der Waals surface area contributed by atoms with Crippen LogP contribution in [0.5, 0.6) is 0 Å². The highest BCUT2D eigenvalue weighted by Crippen LogP contribution is 2.14. The summed E-state index contributed by atoms with van der Waals surface area (Å²) in [6.07, 6.45) is 0. The molecule has 0 saturated heterocycles. The molecule has 0 bridgehead atoms. The van der Waals surface area contributed by atoms with E-state index in [9.17, 15) is 8.22 Å². The Kier molecular flexibility index (Phi) is 3.80. The van der Waals surface area contributed by atoms with Crippen molar-refractivity contribution in [3.05, 3.63) is 57.5 Å². The van der Waals surface area contributed by atoms with Crippen molar-refractivity contribution >= 4 is 51.0 Å². The van der Waals surface area contributed by atoms with Gasteiger partial charge in [-0.05, 0) is 24.3 Å². The highest BCUT2D eigenvalue weighted by atomic mass is 79.9. The van der Waals surface area contributed by atoms with Gasteiger partial charge in [0.15, 0.2) is 0 Å². The average molecular weight is 378 g/mol. The minimum atomic E-state index is -4.54. The molecule has 0 aliphatic heterocycles. The van der Waals surface area contributed by atoms with Crippen LogP contribution in [0.3, 0.4) is 0 Å². The predicted octanol–water partition coefficient (Wildman–Crippen LogP) is 3.71. The molecule has 0 amide bonds. The molecule has 0 aliphatic carbocycles. The average Bonchev–Trinajstić information content (AvgIpc) is 2.30. The Bertz CT molecular complexity index is 462. The third-order valence-electron chi connectivity index (χ3n) is 2.41. The lowest BCUT2D eigenvalue weighted by molar-refractivity contribution is 0.654. The van der Waals surface area contributed by atoms with Crippen molar-refractivity contribution in [3.8, 4) is 0 Å². The normalized spacial score (nSPS) is 11.5. The molecule has 0 N–H and O–H groups in total. The summed E-state index contributed by atoms with van der Waals surface area (Å²) < 4.78 is 30.1. The number of rotatable bonds is 2. The quantitative estimate of drug-likeness (QED) is 0.552. The van der Waals surface area contributed by atoms with Crippen LogP contribution in [-0.4, -0.2) is 8.74 Å². The molecular formula is C12H8Br2F2Si. The first-order valence-corrected chi connectivity index (χ1v) is 8.24. The smallest absolute Gasteiger partial charge is 0.260 e. The summed E-state index contributed by atoms with van der Waals surface area (Å²) in [5, 5.41) is 0.256. The molecule has 0 fully saturated rings. The van der Waals surface area contributed by atoms with Gasteiger partial charge in [-0.25, -0.2) is 0 Å². The third-order valence-corrected chi connectivity index (χ3v) is 5.59. The largest absolute Gasteiger partial charge is 0.487 e. The van der Waals surface area contributed by atoms with Gasteiger partial charge in [-0.15, -0.1) is 0 Å². The second kappa shape index (κ2) is 5.00. The van der Waals surface area contributed by atoms with E-state index in [4.69, 9.17) is 0 Å². The fourth-order valence-corrected chi connectivity index (χ4v) is 3.52. The van der Waals surface area contributed by atoms with Crippen LogP contribution in [0.15, 0.2) is 57.5 Å². The Morgan fingerprint density at radius 3 is 1.24 bits per heavy atom. The minimum Gasteiger partial charge on any atom is -0.260 e. The number of hydrogen-bond acceptors (Lipinski definition) is 0. The van der Waals surface area contributed by atoms with Crippen LogP contribution in [0.2, 0.25) is 0 Å². The van der Waals surface area contributed by atoms with Crippen molar-refractivity contribution in [1.29, 1.82) is 0 Å². The standard InChI is InChI=1S/C12H8Br2F2Si/c13-9-1-5-11(6-2-9)17(15,16)12-7-3-10(14)4-8-12/h1-8H. The first-order valence-electron chi connectivity index (χ1n) is 4.90. The van der Waals surface area contributed by atoms with E-state index in [2.05, 4.69) is 31.9 Å². The predicted molar refractivity (Wildman–Crippen MR) is 75.5 cm³/mol. The molecule has 5 heteroatoms. The zero-order valence-corrected chi connectivity index (χ0v) is 12.8. The molecule has 2 aromatic carbocycles. The summed E-state index contributed by atoms with van der Waals surface area (Å²) in [5.41, 5.74) is 0. The van der Waals surface area contributed by atoms with Crippen LogP contribution in [0, 0.1) is 0 Å². The molecule has 0 saturated carbocycles. The fraction of sp³-hybridized carbons (Fsp3) is 0. The van der Waals surface area contributed by atoms with Crippen molar-refractivity contribution in [2.45, 2.75) is 0 Å². The Morgan fingerprint density at radius 2 is 0.941 bits per heavy atom. The molecule has 0 unspecified atom stereocenters. The van der Waals surface area contributed by atoms with Gasteiger partial charge >= 0.3 is 8.74 Å². The lowest BCUT2D eigenvalue weighted by atomic mass is 10.4. The molecule has 0 aliphatic rings. The van der Waals surface area contributed by atoms with Crippen LogP contribution in [0.4, 0.5) is 8.22 Å². The summed E-state index contributed by atoms with van der Waals surface area (Å²) >= 11 is 6.48. The molecule has 0 atom stereocenters. The fourth-order valence-electron chi connectivity index (χ4n) is 1.49. The molecule has 88 valence electrons. The van der Waals surface area contributed by atoms with Crippen molar-refractivity contribution in [2.24, 2.45) is 0 Å². The molecule has 2 rings (SSSR count). The Balaban J connectivity index is 2.41. The highest BCUT2D eigenvalue weighted by molar-refractivity contribution is 9.10. The lowest BCUT2D eigenvalue weighted by Gasteiger charge is -2.13. The number of halogens is 4. The monoisotopic (exact) mass is 376 g/mol. The van der Waals surface area contributed by atoms with Gasteiger partial charge in [-0.3, -0.25) is 8.22 Å². The Hall–Kier alpha value is -0.523. The molecule has 0 aromatic heterocycles. The van der Waals surface area contributed by atoms with E-state index in [1.165, 1.54) is 24.3 Å². The molecule has 0 spiro atoms. The maximum Gasteiger partial charge on any atom is 0.487 e. The van der Waals surface area contributed by atoms with E-state index in [-0.39, 0.29) is 10.4 Å². The van der Waals surface area contributed by atoms with Gasteiger partial charge in [0.1, 0.15) is 0 Å². The van der Waals surface area contributed by atoms with Crippen LogP contribution in [-0.2, 0) is 0 Å². The summed E-state index contributed by atoms with van der Waals surface area (Å²) in [5.74, 6) is 0. The molecule has 0 radical (unpaired) electrons. The molecular weight excluding hydrogens is 370 g/mol. The zero-order chi connectivity index (χ0) is 12.5. The van der Waals surface area contributed by atoms with Gasteiger partial charge in [-0.1, -0.05) is 56.1 Å². The van der Waals surface area contributed by atoms with Gasteiger partial charge in [0, 0.05) is 19.3 Å². The van der Waals surface area contributed by atoms with E-state index in [1.807, 2.05) is 0 Å². The summed E-state index contributed by atoms with van der Waals surface area (Å²) in [4.78, 5) is 0. The van der Waals surface area contributed by atoms with Crippen LogP contribution >= 0.6 is 31.9 Å². The maximum absolute atomic E-state index is 14.3. The van der Waals surface area contributed by atoms with E-state index in [1.54, 1.807) is 24.3 Å². The highest BCUT2D eigenvalue weighted by Gasteiger charge is 2.40. The molecule has 2 aromatic rings. The van der Waals surface area contributed by atoms with Gasteiger partial charge in [0.2, 0.25) is 0 Å². The molecule has 17 heavy (non-hydrogen) atoms. The zero-order valence-electron chi connectivity index (χ0n) is 8.63. The first-order chi connectivity index (χ1) is 8.00. The Morgan fingerprint density at radius 1 is 0.647 bits per heavy atom. The molecule has 0 nitrogen and oxygen atoms in total. The van der Waals surface area contributed by atoms with Gasteiger partial charge in [0.05, 0.1) is 0 Å². The van der Waals surface area contributed by atoms with E-state index < -0.39 is 8.74 Å². The van der Waals surface area contributed by atoms with Crippen molar-refractivity contribution in [1.82, 2.24) is 0 Å². The summed E-state index contributed by atoms with van der Waals surface area (Å²) in [6.45, 7) is 0. The first kappa shape index (κ1) is 12.9. The van der Waals surface area contributed by atoms with Crippen LogP contribution < -0.4 is 10.4 Å². The van der Waals surface area contributed by atoms with Crippen LogP contribution in [0.1, 0.15) is 0 Å². The van der Waals surface area contributed by atoms with Gasteiger partial charge in [-0.2, -0.15) is 0 Å². The van der Waals surface area contributed by atoms with Crippen molar-refractivity contribution in [3.63, 3.8) is 0 Å². The van der Waals surface area contributed by atoms with Crippen molar-refractivity contribution in [2.75, 3.05) is 0 Å². The number of hydrogen-bond donors (Lipinski definition) is 0. The topological polar surface area (TPSA) is 0 Å². The second-order valence-corrected chi connectivity index (χ2v) is 7.72. The second-order valence-electron chi connectivity index (χ2n) is 3.59. The SMILES string of the molecule is F[Si](F)(c1ccc(Br)cc1)c1ccc(Br)cc1. The van der Waals surface area contributed by atoms with Crippen molar-refractivity contribution < 1.29 is 8.22 Å². The minimum absolute atomic E-state index is 0.128. The summed E-state index contributed by atoms with van der Waals surface area (Å²) in [7, 11) is -4.54.